The van der Waals surface area contributed by atoms with Gasteiger partial charge in [-0.3, -0.25) is 0 Å². The first kappa shape index (κ1) is 10.7. The number of anilines is 1. The molecule has 1 aromatic carbocycles. The summed E-state index contributed by atoms with van der Waals surface area (Å²) in [6, 6.07) is 7.26. The van der Waals surface area contributed by atoms with E-state index in [0.717, 1.165) is 11.8 Å². The van der Waals surface area contributed by atoms with Crippen LogP contribution in [-0.4, -0.2) is 8.42 Å². The average molecular weight is 215 g/mol. The van der Waals surface area contributed by atoms with Crippen molar-refractivity contribution in [3.8, 4) is 0 Å². The zero-order chi connectivity index (χ0) is 10.6. The van der Waals surface area contributed by atoms with Crippen LogP contribution in [0.5, 0.6) is 0 Å². The van der Waals surface area contributed by atoms with Gasteiger partial charge < -0.3 is 5.32 Å². The van der Waals surface area contributed by atoms with Gasteiger partial charge in [-0.15, -0.1) is 3.89 Å². The van der Waals surface area contributed by atoms with E-state index in [1.54, 1.807) is 12.1 Å². The lowest BCUT2D eigenvalue weighted by molar-refractivity contribution is 0.563. The Hall–Kier alpha value is -1.36. The van der Waals surface area contributed by atoms with Crippen molar-refractivity contribution in [2.75, 3.05) is 5.32 Å². The lowest BCUT2D eigenvalue weighted by atomic mass is 10.2. The zero-order valence-electron chi connectivity index (χ0n) is 7.57. The van der Waals surface area contributed by atoms with Gasteiger partial charge in [-0.05, 0) is 19.1 Å². The average Bonchev–Trinajstić information content (AvgIpc) is 2.06. The van der Waals surface area contributed by atoms with Crippen LogP contribution in [0.25, 0.3) is 0 Å². The number of benzene rings is 1. The summed E-state index contributed by atoms with van der Waals surface area (Å²) in [5.74, 6) is 0. The van der Waals surface area contributed by atoms with Gasteiger partial charge in [0.2, 0.25) is 0 Å². The third kappa shape index (κ3) is 4.04. The summed E-state index contributed by atoms with van der Waals surface area (Å²) < 4.78 is 32.2. The van der Waals surface area contributed by atoms with Gasteiger partial charge in [0.25, 0.3) is 0 Å². The van der Waals surface area contributed by atoms with Gasteiger partial charge in [0.15, 0.2) is 0 Å². The fourth-order valence-electron chi connectivity index (χ4n) is 0.861. The summed E-state index contributed by atoms with van der Waals surface area (Å²) in [6.07, 6.45) is 1.04. The van der Waals surface area contributed by atoms with E-state index in [4.69, 9.17) is 0 Å². The molecule has 1 N–H and O–H groups in total. The van der Waals surface area contributed by atoms with Gasteiger partial charge in [-0.1, -0.05) is 17.7 Å². The summed E-state index contributed by atoms with van der Waals surface area (Å²) >= 11 is 0. The number of aryl methyl sites for hydroxylation is 1. The Bertz CT molecular complexity index is 423. The van der Waals surface area contributed by atoms with E-state index in [-0.39, 0.29) is 0 Å². The summed E-state index contributed by atoms with van der Waals surface area (Å²) in [6.45, 7) is 1.94. The molecule has 5 heteroatoms. The highest BCUT2D eigenvalue weighted by Crippen LogP contribution is 2.08. The molecule has 1 rings (SSSR count). The minimum atomic E-state index is -4.55. The smallest absolute Gasteiger partial charge is 0.326 e. The van der Waals surface area contributed by atoms with Crippen LogP contribution in [0, 0.1) is 6.92 Å². The summed E-state index contributed by atoms with van der Waals surface area (Å²) in [5.41, 5.74) is 1.80. The largest absolute Gasteiger partial charge is 0.361 e. The van der Waals surface area contributed by atoms with Gasteiger partial charge in [-0.25, -0.2) is 0 Å². The fourth-order valence-corrected chi connectivity index (χ4v) is 1.09. The maximum absolute atomic E-state index is 12.0. The second-order valence-electron chi connectivity index (χ2n) is 2.79. The lowest BCUT2D eigenvalue weighted by Gasteiger charge is -1.99. The number of nitrogens with one attached hydrogen (secondary N) is 1. The maximum Gasteiger partial charge on any atom is 0.326 e. The SMILES string of the molecule is Cc1ccc(NC=CS(=O)(=O)F)cc1. The van der Waals surface area contributed by atoms with Crippen LogP contribution in [0.2, 0.25) is 0 Å². The molecule has 0 unspecified atom stereocenters. The molecule has 0 aliphatic carbocycles. The predicted molar refractivity (Wildman–Crippen MR) is 54.0 cm³/mol. The Balaban J connectivity index is 2.63. The van der Waals surface area contributed by atoms with Crippen molar-refractivity contribution in [2.24, 2.45) is 0 Å². The van der Waals surface area contributed by atoms with E-state index in [2.05, 4.69) is 5.32 Å². The van der Waals surface area contributed by atoms with Gasteiger partial charge in [0.05, 0.1) is 5.41 Å². The van der Waals surface area contributed by atoms with Crippen molar-refractivity contribution in [2.45, 2.75) is 6.92 Å². The highest BCUT2D eigenvalue weighted by atomic mass is 32.3. The molecular formula is C9H10FNO2S. The van der Waals surface area contributed by atoms with Crippen LogP contribution in [0.1, 0.15) is 5.56 Å². The first-order chi connectivity index (χ1) is 6.47. The van der Waals surface area contributed by atoms with Crippen molar-refractivity contribution in [1.29, 1.82) is 0 Å². The van der Waals surface area contributed by atoms with Crippen LogP contribution < -0.4 is 5.32 Å². The molecule has 0 atom stereocenters. The molecule has 0 heterocycles. The minimum absolute atomic E-state index is 0.465. The van der Waals surface area contributed by atoms with Crippen molar-refractivity contribution in [3.63, 3.8) is 0 Å². The normalized spacial score (nSPS) is 11.9. The Morgan fingerprint density at radius 3 is 2.36 bits per heavy atom. The predicted octanol–water partition coefficient (Wildman–Crippen LogP) is 2.18. The van der Waals surface area contributed by atoms with Crippen molar-refractivity contribution in [1.82, 2.24) is 0 Å². The van der Waals surface area contributed by atoms with Crippen molar-refractivity contribution < 1.29 is 12.3 Å². The van der Waals surface area contributed by atoms with Crippen molar-refractivity contribution >= 4 is 15.9 Å². The molecule has 76 valence electrons. The zero-order valence-corrected chi connectivity index (χ0v) is 8.38. The maximum atomic E-state index is 12.0. The topological polar surface area (TPSA) is 46.2 Å². The molecule has 0 aromatic heterocycles. The lowest BCUT2D eigenvalue weighted by Crippen LogP contribution is -1.89. The van der Waals surface area contributed by atoms with Crippen LogP contribution in [-0.2, 0) is 10.2 Å². The third-order valence-corrected chi connectivity index (χ3v) is 1.99. The molecule has 0 aliphatic heterocycles. The van der Waals surface area contributed by atoms with E-state index in [9.17, 15) is 12.3 Å². The number of rotatable bonds is 3. The molecule has 0 fully saturated rings. The molecule has 0 spiro atoms. The summed E-state index contributed by atoms with van der Waals surface area (Å²) in [4.78, 5) is 0. The molecule has 0 saturated heterocycles. The Kier molecular flexibility index (Phi) is 3.24. The molecule has 0 aliphatic rings. The molecule has 0 radical (unpaired) electrons. The van der Waals surface area contributed by atoms with E-state index in [1.807, 2.05) is 19.1 Å². The highest BCUT2D eigenvalue weighted by Gasteiger charge is 1.97. The second-order valence-corrected chi connectivity index (χ2v) is 4.01. The summed E-state index contributed by atoms with van der Waals surface area (Å²) in [7, 11) is -4.55. The minimum Gasteiger partial charge on any atom is -0.361 e. The monoisotopic (exact) mass is 215 g/mol. The van der Waals surface area contributed by atoms with Crippen LogP contribution >= 0.6 is 0 Å². The molecule has 1 aromatic rings. The quantitative estimate of drug-likeness (QED) is 0.786. The Labute approximate surface area is 82.5 Å². The fraction of sp³-hybridized carbons (Fsp3) is 0.111. The van der Waals surface area contributed by atoms with Crippen molar-refractivity contribution in [3.05, 3.63) is 41.4 Å². The Morgan fingerprint density at radius 2 is 1.86 bits per heavy atom. The first-order valence-electron chi connectivity index (χ1n) is 3.92. The summed E-state index contributed by atoms with van der Waals surface area (Å²) in [5, 5.41) is 3.09. The number of halogens is 1. The van der Waals surface area contributed by atoms with Crippen LogP contribution in [0.15, 0.2) is 35.9 Å². The molecular weight excluding hydrogens is 205 g/mol. The number of hydrogen-bond donors (Lipinski definition) is 1. The Morgan fingerprint density at radius 1 is 1.29 bits per heavy atom. The van der Waals surface area contributed by atoms with Crippen LogP contribution in [0.3, 0.4) is 0 Å². The molecule has 0 amide bonds. The molecule has 14 heavy (non-hydrogen) atoms. The third-order valence-electron chi connectivity index (χ3n) is 1.53. The second kappa shape index (κ2) is 4.23. The van der Waals surface area contributed by atoms with Gasteiger partial charge in [0, 0.05) is 11.9 Å². The molecule has 0 saturated carbocycles. The van der Waals surface area contributed by atoms with Gasteiger partial charge in [-0.2, -0.15) is 8.42 Å². The van der Waals surface area contributed by atoms with Gasteiger partial charge >= 0.3 is 10.2 Å². The van der Waals surface area contributed by atoms with E-state index in [0.29, 0.717) is 11.1 Å². The standard InChI is InChI=1S/C9H10FNO2S/c1-8-2-4-9(5-3-8)11-6-7-14(10,12)13/h2-7,11H,1H3. The number of hydrogen-bond acceptors (Lipinski definition) is 3. The van der Waals surface area contributed by atoms with E-state index < -0.39 is 10.2 Å². The van der Waals surface area contributed by atoms with E-state index in [1.165, 1.54) is 0 Å². The van der Waals surface area contributed by atoms with Crippen LogP contribution in [0.4, 0.5) is 9.57 Å². The molecule has 0 bridgehead atoms. The highest BCUT2D eigenvalue weighted by molar-refractivity contribution is 7.89. The molecule has 3 nitrogen and oxygen atoms in total. The first-order valence-corrected chi connectivity index (χ1v) is 5.36. The van der Waals surface area contributed by atoms with E-state index >= 15 is 0 Å². The van der Waals surface area contributed by atoms with Gasteiger partial charge in [0.1, 0.15) is 0 Å².